The van der Waals surface area contributed by atoms with Crippen molar-refractivity contribution in [2.24, 2.45) is 35.5 Å². The van der Waals surface area contributed by atoms with Gasteiger partial charge in [-0.2, -0.15) is 0 Å². The highest BCUT2D eigenvalue weighted by atomic mass is 35.5. The van der Waals surface area contributed by atoms with Crippen molar-refractivity contribution in [2.75, 3.05) is 13.2 Å². The lowest BCUT2D eigenvalue weighted by molar-refractivity contribution is -0.250. The van der Waals surface area contributed by atoms with E-state index in [4.69, 9.17) is 37.4 Å². The van der Waals surface area contributed by atoms with Gasteiger partial charge in [-0.05, 0) is 126 Å². The Hall–Kier alpha value is 0.460. The van der Waals surface area contributed by atoms with Crippen LogP contribution in [0.2, 0.25) is 0 Å². The maximum Gasteiger partial charge on any atom is 0.160 e. The van der Waals surface area contributed by atoms with E-state index in [1.165, 1.54) is 38.5 Å². The van der Waals surface area contributed by atoms with Crippen molar-refractivity contribution in [3.63, 3.8) is 0 Å². The zero-order valence-corrected chi connectivity index (χ0v) is 30.6. The molecule has 0 saturated heterocycles. The molecule has 0 aromatic carbocycles. The second kappa shape index (κ2) is 25.8. The van der Waals surface area contributed by atoms with Crippen LogP contribution in [0.15, 0.2) is 0 Å². The van der Waals surface area contributed by atoms with Gasteiger partial charge in [-0.3, -0.25) is 0 Å². The number of hydrogen-bond donors (Lipinski definition) is 0. The van der Waals surface area contributed by atoms with Gasteiger partial charge in [0.05, 0.1) is 0 Å². The quantitative estimate of drug-likeness (QED) is 0.0641. The third-order valence-corrected chi connectivity index (χ3v) is 8.62. The molecule has 0 aliphatic carbocycles. The monoisotopic (exact) mass is 622 g/mol. The van der Waals surface area contributed by atoms with Gasteiger partial charge in [0.15, 0.2) is 12.6 Å². The van der Waals surface area contributed by atoms with Crippen LogP contribution in [0.25, 0.3) is 0 Å². The molecule has 0 spiro atoms. The number of halogens is 2. The molecule has 0 aromatic rings. The highest BCUT2D eigenvalue weighted by molar-refractivity contribution is 6.20. The second-order valence-corrected chi connectivity index (χ2v) is 15.7. The van der Waals surface area contributed by atoms with E-state index >= 15 is 0 Å². The average Bonchev–Trinajstić information content (AvgIpc) is 2.83. The first-order valence-electron chi connectivity index (χ1n) is 17.5. The van der Waals surface area contributed by atoms with Crippen LogP contribution in [0.3, 0.4) is 0 Å². The lowest BCUT2D eigenvalue weighted by Gasteiger charge is -2.27. The Morgan fingerprint density at radius 1 is 0.439 bits per heavy atom. The molecule has 0 aromatic heterocycles. The van der Waals surface area contributed by atoms with Crippen LogP contribution in [0.5, 0.6) is 0 Å². The third kappa shape index (κ3) is 25.5. The highest BCUT2D eigenvalue weighted by Crippen LogP contribution is 2.28. The van der Waals surface area contributed by atoms with Gasteiger partial charge in [0.1, 0.15) is 0 Å². The minimum Gasteiger partial charge on any atom is -0.353 e. The first kappa shape index (κ1) is 41.5. The van der Waals surface area contributed by atoms with E-state index < -0.39 is 0 Å². The van der Waals surface area contributed by atoms with Crippen molar-refractivity contribution in [3.05, 3.63) is 0 Å². The van der Waals surface area contributed by atoms with Crippen LogP contribution in [0.4, 0.5) is 0 Å². The Kier molecular flexibility index (Phi) is 26.0. The summed E-state index contributed by atoms with van der Waals surface area (Å²) in [7, 11) is 0. The summed E-state index contributed by atoms with van der Waals surface area (Å²) < 4.78 is 18.8. The van der Waals surface area contributed by atoms with E-state index in [0.29, 0.717) is 11.8 Å². The van der Waals surface area contributed by atoms with Crippen molar-refractivity contribution in [3.8, 4) is 0 Å². The fraction of sp³-hybridized carbons (Fsp3) is 1.00. The fourth-order valence-corrected chi connectivity index (χ4v) is 7.40. The topological polar surface area (TPSA) is 27.7 Å². The number of hydrogen-bond acceptors (Lipinski definition) is 3. The Morgan fingerprint density at radius 3 is 1.07 bits per heavy atom. The predicted molar refractivity (Wildman–Crippen MR) is 182 cm³/mol. The van der Waals surface area contributed by atoms with E-state index in [-0.39, 0.29) is 23.3 Å². The van der Waals surface area contributed by atoms with Gasteiger partial charge in [-0.15, -0.1) is 23.2 Å². The Bertz CT molecular complexity index is 525. The van der Waals surface area contributed by atoms with Gasteiger partial charge < -0.3 is 14.2 Å². The van der Waals surface area contributed by atoms with E-state index in [0.717, 1.165) is 88.3 Å². The molecule has 0 saturated carbocycles. The third-order valence-electron chi connectivity index (χ3n) is 8.27. The van der Waals surface area contributed by atoms with E-state index in [2.05, 4.69) is 69.2 Å². The van der Waals surface area contributed by atoms with Crippen LogP contribution in [0.1, 0.15) is 159 Å². The molecule has 0 fully saturated rings. The largest absolute Gasteiger partial charge is 0.353 e. The average molecular weight is 624 g/mol. The molecule has 0 N–H and O–H groups in total. The summed E-state index contributed by atoms with van der Waals surface area (Å²) in [5.74, 6) is 4.32. The van der Waals surface area contributed by atoms with Gasteiger partial charge >= 0.3 is 0 Å². The van der Waals surface area contributed by atoms with Crippen LogP contribution in [-0.2, 0) is 14.2 Å². The second-order valence-electron chi connectivity index (χ2n) is 14.2. The zero-order valence-electron chi connectivity index (χ0n) is 29.1. The Labute approximate surface area is 267 Å². The van der Waals surface area contributed by atoms with Crippen molar-refractivity contribution in [1.29, 1.82) is 0 Å². The summed E-state index contributed by atoms with van der Waals surface area (Å²) in [5, 5.41) is 0.549. The molecule has 41 heavy (non-hydrogen) atoms. The van der Waals surface area contributed by atoms with Gasteiger partial charge in [0, 0.05) is 24.0 Å². The molecule has 3 nitrogen and oxygen atoms in total. The van der Waals surface area contributed by atoms with Crippen LogP contribution in [-0.4, -0.2) is 36.5 Å². The number of ether oxygens (including phenoxy) is 3. The summed E-state index contributed by atoms with van der Waals surface area (Å²) >= 11 is 12.4. The summed E-state index contributed by atoms with van der Waals surface area (Å²) in [6.45, 7) is 24.3. The molecule has 10 unspecified atom stereocenters. The van der Waals surface area contributed by atoms with Gasteiger partial charge in [0.25, 0.3) is 0 Å². The Balaban J connectivity index is 4.66. The maximum absolute atomic E-state index is 6.49. The van der Waals surface area contributed by atoms with E-state index in [9.17, 15) is 0 Å². The van der Waals surface area contributed by atoms with Crippen LogP contribution >= 0.6 is 23.2 Å². The zero-order chi connectivity index (χ0) is 31.2. The summed E-state index contributed by atoms with van der Waals surface area (Å²) in [6, 6.07) is 0. The Morgan fingerprint density at radius 2 is 0.756 bits per heavy atom. The lowest BCUT2D eigenvalue weighted by Crippen LogP contribution is -2.28. The molecule has 0 bridgehead atoms. The van der Waals surface area contributed by atoms with Gasteiger partial charge in [-0.25, -0.2) is 0 Å². The lowest BCUT2D eigenvalue weighted by atomic mass is 9.86. The van der Waals surface area contributed by atoms with Gasteiger partial charge in [-0.1, -0.05) is 68.2 Å². The first-order valence-corrected chi connectivity index (χ1v) is 18.4. The van der Waals surface area contributed by atoms with Crippen molar-refractivity contribution >= 4 is 23.2 Å². The standard InChI is InChI=1S/C36H72Cl2O3/c1-11-19-39-35(17-13-15-27(3)21-29(5)23-31(7)25-33(9)37)41-36(40-20-12-2)18-14-16-28(4)22-30(6)24-32(8)26-34(10)38/h27-36H,11-26H2,1-10H3. The molecule has 0 heterocycles. The summed E-state index contributed by atoms with van der Waals surface area (Å²) in [6.07, 6.45) is 15.6. The summed E-state index contributed by atoms with van der Waals surface area (Å²) in [5.41, 5.74) is 0. The minimum absolute atomic E-state index is 0.171. The van der Waals surface area contributed by atoms with E-state index in [1.807, 2.05) is 0 Å². The van der Waals surface area contributed by atoms with Crippen LogP contribution < -0.4 is 0 Å². The molecule has 248 valence electrons. The highest BCUT2D eigenvalue weighted by Gasteiger charge is 2.20. The van der Waals surface area contributed by atoms with Crippen LogP contribution in [0, 0.1) is 35.5 Å². The normalized spacial score (nSPS) is 19.6. The maximum atomic E-state index is 6.49. The number of rotatable bonds is 28. The molecular formula is C36H72Cl2O3. The molecule has 0 amide bonds. The van der Waals surface area contributed by atoms with Crippen molar-refractivity contribution < 1.29 is 14.2 Å². The molecule has 10 atom stereocenters. The van der Waals surface area contributed by atoms with E-state index in [1.54, 1.807) is 0 Å². The summed E-state index contributed by atoms with van der Waals surface area (Å²) in [4.78, 5) is 0. The van der Waals surface area contributed by atoms with Crippen molar-refractivity contribution in [1.82, 2.24) is 0 Å². The first-order chi connectivity index (χ1) is 19.4. The van der Waals surface area contributed by atoms with Crippen molar-refractivity contribution in [2.45, 2.75) is 182 Å². The predicted octanol–water partition coefficient (Wildman–Crippen LogP) is 12.3. The molecule has 0 radical (unpaired) electrons. The molecule has 0 rings (SSSR count). The van der Waals surface area contributed by atoms with Gasteiger partial charge in [0.2, 0.25) is 0 Å². The number of alkyl halides is 2. The molecule has 0 aliphatic heterocycles. The fourth-order valence-electron chi connectivity index (χ4n) is 6.79. The molecule has 5 heteroatoms. The molecular weight excluding hydrogens is 551 g/mol. The smallest absolute Gasteiger partial charge is 0.160 e. The SMILES string of the molecule is CCCOC(CCCC(C)CC(C)CC(C)CC(C)Cl)OC(CCCC(C)CC(C)CC(C)CC(C)Cl)OCCC. The molecule has 0 aliphatic rings. The minimum atomic E-state index is -0.171.